The van der Waals surface area contributed by atoms with E-state index in [0.29, 0.717) is 11.4 Å². The SMILES string of the molecule is C=S(=O)(NS(C)(=O)=O)c1ccc(CN)cc1. The lowest BCUT2D eigenvalue weighted by molar-refractivity contribution is 0.598. The highest BCUT2D eigenvalue weighted by Gasteiger charge is 2.12. The van der Waals surface area contributed by atoms with Crippen LogP contribution in [0.4, 0.5) is 0 Å². The summed E-state index contributed by atoms with van der Waals surface area (Å²) in [6, 6.07) is 6.47. The van der Waals surface area contributed by atoms with Gasteiger partial charge in [0.05, 0.1) is 16.0 Å². The topological polar surface area (TPSA) is 89.3 Å². The second kappa shape index (κ2) is 4.54. The maximum absolute atomic E-state index is 12.0. The van der Waals surface area contributed by atoms with E-state index in [4.69, 9.17) is 5.73 Å². The van der Waals surface area contributed by atoms with Gasteiger partial charge in [-0.3, -0.25) is 0 Å². The number of hydrogen-bond acceptors (Lipinski definition) is 4. The van der Waals surface area contributed by atoms with E-state index in [1.165, 1.54) is 0 Å². The third kappa shape index (κ3) is 3.60. The van der Waals surface area contributed by atoms with Crippen LogP contribution >= 0.6 is 0 Å². The molecule has 5 nitrogen and oxygen atoms in total. The highest BCUT2D eigenvalue weighted by atomic mass is 32.3. The summed E-state index contributed by atoms with van der Waals surface area (Å²) < 4.78 is 36.0. The third-order valence-corrected chi connectivity index (χ3v) is 5.15. The van der Waals surface area contributed by atoms with E-state index in [1.807, 2.05) is 4.13 Å². The van der Waals surface area contributed by atoms with Crippen molar-refractivity contribution >= 4 is 25.6 Å². The Morgan fingerprint density at radius 2 is 1.75 bits per heavy atom. The van der Waals surface area contributed by atoms with Gasteiger partial charge in [-0.25, -0.2) is 12.6 Å². The number of nitrogens with two attached hydrogens (primary N) is 1. The minimum Gasteiger partial charge on any atom is -0.326 e. The molecule has 1 aromatic rings. The second-order valence-corrected chi connectivity index (χ2v) is 7.41. The molecule has 0 aliphatic carbocycles. The van der Waals surface area contributed by atoms with Crippen LogP contribution in [0.1, 0.15) is 5.56 Å². The largest absolute Gasteiger partial charge is 0.326 e. The van der Waals surface area contributed by atoms with E-state index in [9.17, 15) is 12.6 Å². The zero-order valence-corrected chi connectivity index (χ0v) is 10.5. The molecule has 0 saturated carbocycles. The quantitative estimate of drug-likeness (QED) is 0.728. The third-order valence-electron chi connectivity index (χ3n) is 1.83. The molecule has 0 aliphatic heterocycles. The van der Waals surface area contributed by atoms with Crippen molar-refractivity contribution in [2.24, 2.45) is 5.73 Å². The van der Waals surface area contributed by atoms with E-state index >= 15 is 0 Å². The molecule has 1 rings (SSSR count). The Kier molecular flexibility index (Phi) is 3.74. The van der Waals surface area contributed by atoms with Gasteiger partial charge in [0.25, 0.3) is 0 Å². The Labute approximate surface area is 95.9 Å². The molecule has 1 atom stereocenters. The highest BCUT2D eigenvalue weighted by Crippen LogP contribution is 2.10. The Balaban J connectivity index is 3.08. The van der Waals surface area contributed by atoms with Crippen LogP contribution in [0.15, 0.2) is 29.2 Å². The van der Waals surface area contributed by atoms with Crippen molar-refractivity contribution in [3.05, 3.63) is 29.8 Å². The summed E-state index contributed by atoms with van der Waals surface area (Å²) in [6.07, 6.45) is 0.937. The molecule has 1 aromatic carbocycles. The second-order valence-electron chi connectivity index (χ2n) is 3.38. The minimum atomic E-state index is -3.56. The lowest BCUT2D eigenvalue weighted by Gasteiger charge is -2.10. The molecule has 0 radical (unpaired) electrons. The van der Waals surface area contributed by atoms with Gasteiger partial charge in [0, 0.05) is 11.4 Å². The smallest absolute Gasteiger partial charge is 0.219 e. The zero-order chi connectivity index (χ0) is 12.4. The van der Waals surface area contributed by atoms with Crippen LogP contribution in [0.25, 0.3) is 0 Å². The van der Waals surface area contributed by atoms with Crippen molar-refractivity contribution < 1.29 is 12.6 Å². The molecule has 0 aliphatic rings. The van der Waals surface area contributed by atoms with Gasteiger partial charge in [-0.05, 0) is 23.6 Å². The maximum Gasteiger partial charge on any atom is 0.219 e. The summed E-state index contributed by atoms with van der Waals surface area (Å²) in [5, 5.41) is 0. The number of benzene rings is 1. The van der Waals surface area contributed by atoms with Gasteiger partial charge in [-0.2, -0.15) is 0 Å². The first-order valence-electron chi connectivity index (χ1n) is 4.39. The van der Waals surface area contributed by atoms with Crippen LogP contribution in [0.3, 0.4) is 0 Å². The molecule has 90 valence electrons. The van der Waals surface area contributed by atoms with E-state index in [-0.39, 0.29) is 0 Å². The molecule has 0 aromatic heterocycles. The van der Waals surface area contributed by atoms with E-state index in [2.05, 4.69) is 5.87 Å². The highest BCUT2D eigenvalue weighted by molar-refractivity contribution is 8.09. The molecule has 3 N–H and O–H groups in total. The van der Waals surface area contributed by atoms with Gasteiger partial charge in [-0.1, -0.05) is 12.1 Å². The van der Waals surface area contributed by atoms with Crippen molar-refractivity contribution in [1.82, 2.24) is 4.13 Å². The van der Waals surface area contributed by atoms with Gasteiger partial charge in [0.15, 0.2) is 0 Å². The fourth-order valence-electron chi connectivity index (χ4n) is 1.14. The van der Waals surface area contributed by atoms with Crippen molar-refractivity contribution in [3.8, 4) is 0 Å². The normalized spacial score (nSPS) is 15.6. The summed E-state index contributed by atoms with van der Waals surface area (Å²) in [4.78, 5) is 0.329. The minimum absolute atomic E-state index is 0.329. The molecule has 0 spiro atoms. The first-order chi connectivity index (χ1) is 7.24. The van der Waals surface area contributed by atoms with E-state index in [1.54, 1.807) is 24.3 Å². The Morgan fingerprint density at radius 1 is 1.25 bits per heavy atom. The molecule has 0 heterocycles. The first-order valence-corrected chi connectivity index (χ1v) is 8.01. The average molecular weight is 262 g/mol. The molecular formula is C9H14N2O3S2. The first kappa shape index (κ1) is 13.2. The van der Waals surface area contributed by atoms with Crippen LogP contribution in [0.2, 0.25) is 0 Å². The summed E-state index contributed by atoms with van der Waals surface area (Å²) in [7, 11) is -6.58. The Hall–Kier alpha value is -0.890. The molecule has 0 saturated heterocycles. The van der Waals surface area contributed by atoms with E-state index in [0.717, 1.165) is 11.8 Å². The van der Waals surface area contributed by atoms with Gasteiger partial charge in [0.2, 0.25) is 10.0 Å². The zero-order valence-electron chi connectivity index (χ0n) is 8.84. The molecular weight excluding hydrogens is 248 g/mol. The van der Waals surface area contributed by atoms with Crippen molar-refractivity contribution in [3.63, 3.8) is 0 Å². The van der Waals surface area contributed by atoms with Crippen LogP contribution < -0.4 is 9.86 Å². The number of hydrogen-bond donors (Lipinski definition) is 2. The van der Waals surface area contributed by atoms with Crippen LogP contribution in [0, 0.1) is 0 Å². The van der Waals surface area contributed by atoms with E-state index < -0.39 is 19.7 Å². The maximum atomic E-state index is 12.0. The predicted molar refractivity (Wildman–Crippen MR) is 65.8 cm³/mol. The van der Waals surface area contributed by atoms with Gasteiger partial charge >= 0.3 is 0 Å². The standard InChI is InChI=1S/C9H14N2O3S2/c1-15(12,11-16(2,13)14)9-5-3-8(7-10)4-6-9/h3-6H,1,7,10H2,2H3,(H,11,12). The Bertz CT molecular complexity index is 559. The number of rotatable bonds is 4. The fourth-order valence-corrected chi connectivity index (χ4v) is 4.05. The Morgan fingerprint density at radius 3 is 2.12 bits per heavy atom. The average Bonchev–Trinajstić information content (AvgIpc) is 2.14. The van der Waals surface area contributed by atoms with Gasteiger partial charge in [-0.15, -0.1) is 4.13 Å². The number of nitrogens with one attached hydrogen (secondary N) is 1. The molecule has 0 fully saturated rings. The molecule has 16 heavy (non-hydrogen) atoms. The summed E-state index contributed by atoms with van der Waals surface area (Å²) in [5.41, 5.74) is 6.29. The van der Waals surface area contributed by atoms with Gasteiger partial charge < -0.3 is 5.73 Å². The van der Waals surface area contributed by atoms with Crippen molar-refractivity contribution in [1.29, 1.82) is 0 Å². The molecule has 0 amide bonds. The van der Waals surface area contributed by atoms with Gasteiger partial charge in [0.1, 0.15) is 0 Å². The summed E-state index contributed by atoms with van der Waals surface area (Å²) >= 11 is 0. The lowest BCUT2D eigenvalue weighted by atomic mass is 10.2. The molecule has 0 bridgehead atoms. The van der Waals surface area contributed by atoms with Crippen molar-refractivity contribution in [2.75, 3.05) is 6.26 Å². The lowest BCUT2D eigenvalue weighted by Crippen LogP contribution is -2.29. The van der Waals surface area contributed by atoms with Crippen LogP contribution in [-0.2, 0) is 26.3 Å². The molecule has 7 heteroatoms. The van der Waals surface area contributed by atoms with Crippen LogP contribution in [-0.4, -0.2) is 24.8 Å². The summed E-state index contributed by atoms with van der Waals surface area (Å²) in [6.45, 7) is 0.373. The predicted octanol–water partition coefficient (Wildman–Crippen LogP) is -0.315. The molecule has 1 unspecified atom stereocenters. The fraction of sp³-hybridized carbons (Fsp3) is 0.222. The summed E-state index contributed by atoms with van der Waals surface area (Å²) in [5.74, 6) is 3.39. The van der Waals surface area contributed by atoms with Crippen LogP contribution in [0.5, 0.6) is 0 Å². The van der Waals surface area contributed by atoms with Crippen molar-refractivity contribution in [2.45, 2.75) is 11.4 Å². The monoisotopic (exact) mass is 262 g/mol. The number of sulfonamides is 1.